The second-order valence-corrected chi connectivity index (χ2v) is 13.6. The summed E-state index contributed by atoms with van der Waals surface area (Å²) in [6.07, 6.45) is 7.81. The Hall–Kier alpha value is -4.00. The summed E-state index contributed by atoms with van der Waals surface area (Å²) < 4.78 is 11.4. The highest BCUT2D eigenvalue weighted by molar-refractivity contribution is 5.98. The van der Waals surface area contributed by atoms with E-state index in [-0.39, 0.29) is 11.2 Å². The van der Waals surface area contributed by atoms with E-state index in [9.17, 15) is 4.79 Å². The average molecular weight is 656 g/mol. The van der Waals surface area contributed by atoms with Gasteiger partial charge in [0.2, 0.25) is 0 Å². The number of likely N-dealkylation sites (N-methyl/N-ethyl adjacent to an activating group) is 1. The van der Waals surface area contributed by atoms with Crippen LogP contribution in [0.5, 0.6) is 5.75 Å². The van der Waals surface area contributed by atoms with Crippen molar-refractivity contribution in [3.63, 3.8) is 0 Å². The highest BCUT2D eigenvalue weighted by Gasteiger charge is 2.48. The van der Waals surface area contributed by atoms with Crippen molar-refractivity contribution in [2.75, 3.05) is 88.3 Å². The lowest BCUT2D eigenvalue weighted by atomic mass is 9.78. The number of piperidine rings is 1. The minimum absolute atomic E-state index is 0.0654. The number of methoxy groups -OCH3 is 1. The molecule has 0 atom stereocenters. The zero-order valence-electron chi connectivity index (χ0n) is 28.6. The van der Waals surface area contributed by atoms with Gasteiger partial charge in [0, 0.05) is 88.2 Å². The number of piperazine rings is 1. The minimum Gasteiger partial charge on any atom is -0.494 e. The number of aryl methyl sites for hydroxylation is 1. The summed E-state index contributed by atoms with van der Waals surface area (Å²) in [5.41, 5.74) is 10.4. The first kappa shape index (κ1) is 32.5. The van der Waals surface area contributed by atoms with Gasteiger partial charge >= 0.3 is 0 Å². The molecule has 6 heterocycles. The number of amides is 1. The Morgan fingerprint density at radius 1 is 1.02 bits per heavy atom. The van der Waals surface area contributed by atoms with Gasteiger partial charge in [-0.25, -0.2) is 9.97 Å². The summed E-state index contributed by atoms with van der Waals surface area (Å²) in [6, 6.07) is 10.8. The molecule has 1 amide bonds. The number of benzene rings is 1. The second kappa shape index (κ2) is 13.9. The van der Waals surface area contributed by atoms with Gasteiger partial charge in [0.1, 0.15) is 17.1 Å². The molecular formula is C36H49N9O3. The first-order valence-corrected chi connectivity index (χ1v) is 17.5. The highest BCUT2D eigenvalue weighted by Crippen LogP contribution is 2.46. The van der Waals surface area contributed by atoms with Crippen LogP contribution in [-0.2, 0) is 11.2 Å². The van der Waals surface area contributed by atoms with E-state index in [1.54, 1.807) is 13.3 Å². The molecule has 4 aliphatic rings. The molecule has 1 spiro atoms. The third-order valence-electron chi connectivity index (χ3n) is 11.0. The van der Waals surface area contributed by atoms with Gasteiger partial charge in [-0.3, -0.25) is 14.7 Å². The smallest absolute Gasteiger partial charge is 0.271 e. The third-order valence-corrected chi connectivity index (χ3v) is 11.0. The standard InChI is InChI=1S/C36H49N9O3/c1-4-25-24-26(7-8-28(25)44-15-9-27(10-16-44)43-20-18-42(2)19-21-43)39-34-32(33(37)46)40-31(30-29(47-3)6-5-14-38-30)35(41-34)45-17-11-36(45)12-22-48-23-13-36/h5-8,14,24,27H,4,9-13,15-23H2,1-3H3,(H2,37,46)(H,39,41). The lowest BCUT2D eigenvalue weighted by Crippen LogP contribution is -2.63. The van der Waals surface area contributed by atoms with Crippen LogP contribution in [-0.4, -0.2) is 115 Å². The van der Waals surface area contributed by atoms with Gasteiger partial charge in [0.25, 0.3) is 5.91 Å². The summed E-state index contributed by atoms with van der Waals surface area (Å²) in [6.45, 7) is 11.2. The van der Waals surface area contributed by atoms with Crippen LogP contribution in [0.1, 0.15) is 55.1 Å². The molecule has 4 fully saturated rings. The maximum atomic E-state index is 12.9. The van der Waals surface area contributed by atoms with Crippen molar-refractivity contribution in [1.82, 2.24) is 24.8 Å². The lowest BCUT2D eigenvalue weighted by molar-refractivity contribution is 0.0285. The number of hydrogen-bond acceptors (Lipinski definition) is 11. The Morgan fingerprint density at radius 3 is 2.46 bits per heavy atom. The van der Waals surface area contributed by atoms with E-state index >= 15 is 0 Å². The van der Waals surface area contributed by atoms with Crippen molar-refractivity contribution in [3.05, 3.63) is 47.8 Å². The van der Waals surface area contributed by atoms with Crippen LogP contribution < -0.4 is 25.6 Å². The number of carbonyl (C=O) groups excluding carboxylic acids is 1. The molecule has 4 aliphatic heterocycles. The van der Waals surface area contributed by atoms with Crippen molar-refractivity contribution in [3.8, 4) is 17.1 Å². The Balaban J connectivity index is 1.18. The quantitative estimate of drug-likeness (QED) is 0.349. The summed E-state index contributed by atoms with van der Waals surface area (Å²) in [7, 11) is 3.82. The van der Waals surface area contributed by atoms with Crippen LogP contribution in [0.3, 0.4) is 0 Å². The fraction of sp³-hybridized carbons (Fsp3) is 0.556. The van der Waals surface area contributed by atoms with Crippen LogP contribution in [0.2, 0.25) is 0 Å². The van der Waals surface area contributed by atoms with Crippen LogP contribution in [0.4, 0.5) is 23.0 Å². The Bertz CT molecular complexity index is 1610. The Morgan fingerprint density at radius 2 is 1.79 bits per heavy atom. The molecule has 0 unspecified atom stereocenters. The summed E-state index contributed by atoms with van der Waals surface area (Å²) in [5, 5.41) is 3.45. The van der Waals surface area contributed by atoms with Gasteiger partial charge in [-0.15, -0.1) is 0 Å². The van der Waals surface area contributed by atoms with Crippen LogP contribution in [0.25, 0.3) is 11.4 Å². The molecular weight excluding hydrogens is 606 g/mol. The third kappa shape index (κ3) is 6.28. The zero-order chi connectivity index (χ0) is 33.3. The predicted octanol–water partition coefficient (Wildman–Crippen LogP) is 3.93. The van der Waals surface area contributed by atoms with Crippen molar-refractivity contribution in [1.29, 1.82) is 0 Å². The molecule has 4 saturated heterocycles. The topological polar surface area (TPSA) is 125 Å². The fourth-order valence-electron chi connectivity index (χ4n) is 7.96. The van der Waals surface area contributed by atoms with Crippen LogP contribution in [0, 0.1) is 0 Å². The second-order valence-electron chi connectivity index (χ2n) is 13.6. The molecule has 2 aromatic heterocycles. The number of primary amides is 1. The number of nitrogens with one attached hydrogen (secondary N) is 1. The SMILES string of the molecule is CCc1cc(Nc2nc(N3CCC34CCOCC4)c(-c3ncccc3OC)nc2C(N)=O)ccc1N1CCC(N2CCN(C)CC2)CC1. The monoisotopic (exact) mass is 655 g/mol. The molecule has 48 heavy (non-hydrogen) atoms. The van der Waals surface area contributed by atoms with Crippen molar-refractivity contribution < 1.29 is 14.3 Å². The summed E-state index contributed by atoms with van der Waals surface area (Å²) >= 11 is 0. The first-order valence-electron chi connectivity index (χ1n) is 17.5. The number of pyridine rings is 1. The van der Waals surface area contributed by atoms with Gasteiger partial charge in [-0.1, -0.05) is 6.92 Å². The van der Waals surface area contributed by atoms with E-state index < -0.39 is 5.91 Å². The van der Waals surface area contributed by atoms with Gasteiger partial charge in [0.05, 0.1) is 7.11 Å². The number of anilines is 4. The zero-order valence-corrected chi connectivity index (χ0v) is 28.6. The first-order chi connectivity index (χ1) is 23.4. The molecule has 0 bridgehead atoms. The van der Waals surface area contributed by atoms with Gasteiger partial charge < -0.3 is 35.2 Å². The van der Waals surface area contributed by atoms with Crippen molar-refractivity contribution >= 4 is 28.9 Å². The molecule has 1 aromatic carbocycles. The number of hydrogen-bond donors (Lipinski definition) is 2. The lowest BCUT2D eigenvalue weighted by Gasteiger charge is -2.55. The molecule has 12 heteroatoms. The summed E-state index contributed by atoms with van der Waals surface area (Å²) in [4.78, 5) is 37.5. The molecule has 256 valence electrons. The number of rotatable bonds is 9. The highest BCUT2D eigenvalue weighted by atomic mass is 16.5. The minimum atomic E-state index is -0.660. The molecule has 0 radical (unpaired) electrons. The number of ether oxygens (including phenoxy) is 2. The van der Waals surface area contributed by atoms with Crippen molar-refractivity contribution in [2.45, 2.75) is 57.0 Å². The Labute approximate surface area is 283 Å². The number of carbonyl (C=O) groups is 1. The van der Waals surface area contributed by atoms with E-state index in [1.807, 2.05) is 12.1 Å². The molecule has 0 aliphatic carbocycles. The molecule has 0 saturated carbocycles. The maximum absolute atomic E-state index is 12.9. The molecule has 3 N–H and O–H groups in total. The molecule has 3 aromatic rings. The van der Waals surface area contributed by atoms with E-state index in [2.05, 4.69) is 62.1 Å². The Kier molecular flexibility index (Phi) is 9.39. The van der Waals surface area contributed by atoms with Crippen LogP contribution in [0.15, 0.2) is 36.5 Å². The van der Waals surface area contributed by atoms with E-state index in [4.69, 9.17) is 25.2 Å². The predicted molar refractivity (Wildman–Crippen MR) is 188 cm³/mol. The van der Waals surface area contributed by atoms with Gasteiger partial charge in [-0.2, -0.15) is 0 Å². The number of aromatic nitrogens is 3. The number of nitrogens with two attached hydrogens (primary N) is 1. The van der Waals surface area contributed by atoms with Crippen molar-refractivity contribution in [2.24, 2.45) is 5.73 Å². The average Bonchev–Trinajstić information content (AvgIpc) is 3.12. The van der Waals surface area contributed by atoms with E-state index in [0.717, 1.165) is 64.1 Å². The fourth-order valence-corrected chi connectivity index (χ4v) is 7.96. The van der Waals surface area contributed by atoms with E-state index in [0.29, 0.717) is 48.0 Å². The normalized spacial score (nSPS) is 20.5. The van der Waals surface area contributed by atoms with Crippen LogP contribution >= 0.6 is 0 Å². The van der Waals surface area contributed by atoms with Gasteiger partial charge in [0.15, 0.2) is 17.3 Å². The molecule has 12 nitrogen and oxygen atoms in total. The largest absolute Gasteiger partial charge is 0.494 e. The maximum Gasteiger partial charge on any atom is 0.271 e. The van der Waals surface area contributed by atoms with Gasteiger partial charge in [-0.05, 0) is 81.5 Å². The van der Waals surface area contributed by atoms with E-state index in [1.165, 1.54) is 37.2 Å². The summed E-state index contributed by atoms with van der Waals surface area (Å²) in [5.74, 6) is 0.908. The number of nitrogens with zero attached hydrogens (tertiary/aromatic N) is 7. The molecule has 7 rings (SSSR count).